The number of hydrogen-bond donors (Lipinski definition) is 1. The number of esters is 1. The Hall–Kier alpha value is -2.85. The van der Waals surface area contributed by atoms with Crippen LogP contribution >= 0.6 is 23.5 Å². The van der Waals surface area contributed by atoms with Gasteiger partial charge in [-0.3, -0.25) is 19.7 Å². The van der Waals surface area contributed by atoms with E-state index in [1.54, 1.807) is 36.0 Å². The van der Waals surface area contributed by atoms with E-state index in [1.807, 2.05) is 12.5 Å². The zero-order chi connectivity index (χ0) is 22.8. The first-order valence-electron chi connectivity index (χ1n) is 9.24. The monoisotopic (exact) mass is 462 g/mol. The number of carbonyl (C=O) groups is 3. The summed E-state index contributed by atoms with van der Waals surface area (Å²) in [6.07, 6.45) is 4.07. The first-order valence-corrected chi connectivity index (χ1v) is 11.9. The van der Waals surface area contributed by atoms with E-state index in [9.17, 15) is 24.5 Å². The van der Waals surface area contributed by atoms with Crippen LogP contribution in [0.15, 0.2) is 53.4 Å². The van der Waals surface area contributed by atoms with E-state index in [1.165, 1.54) is 30.0 Å². The van der Waals surface area contributed by atoms with Crippen molar-refractivity contribution >= 4 is 46.9 Å². The highest BCUT2D eigenvalue weighted by Gasteiger charge is 2.24. The molecule has 10 heteroatoms. The molecule has 1 unspecified atom stereocenters. The fourth-order valence-corrected chi connectivity index (χ4v) is 3.46. The summed E-state index contributed by atoms with van der Waals surface area (Å²) >= 11 is 3.03. The van der Waals surface area contributed by atoms with Crippen molar-refractivity contribution in [2.45, 2.75) is 17.4 Å². The van der Waals surface area contributed by atoms with Gasteiger partial charge in [-0.2, -0.15) is 11.8 Å². The van der Waals surface area contributed by atoms with Gasteiger partial charge in [0.1, 0.15) is 6.04 Å². The predicted octanol–water partition coefficient (Wildman–Crippen LogP) is 3.59. The van der Waals surface area contributed by atoms with E-state index < -0.39 is 29.4 Å². The van der Waals surface area contributed by atoms with Gasteiger partial charge < -0.3 is 10.1 Å². The SMILES string of the molecule is CSCCC(NC(=O)c1cccc([N+](=O)[O-])c1)C(=O)OCC(=O)c1ccc(SC)cc1. The van der Waals surface area contributed by atoms with Gasteiger partial charge in [-0.1, -0.05) is 18.2 Å². The molecule has 1 atom stereocenters. The summed E-state index contributed by atoms with van der Waals surface area (Å²) in [4.78, 5) is 48.6. The Morgan fingerprint density at radius 3 is 2.42 bits per heavy atom. The van der Waals surface area contributed by atoms with Crippen molar-refractivity contribution < 1.29 is 24.0 Å². The zero-order valence-electron chi connectivity index (χ0n) is 17.0. The molecule has 2 aromatic rings. The fourth-order valence-electron chi connectivity index (χ4n) is 2.58. The van der Waals surface area contributed by atoms with Crippen LogP contribution in [-0.4, -0.2) is 53.5 Å². The molecule has 0 fully saturated rings. The highest BCUT2D eigenvalue weighted by Crippen LogP contribution is 2.16. The van der Waals surface area contributed by atoms with Crippen molar-refractivity contribution in [1.29, 1.82) is 0 Å². The zero-order valence-corrected chi connectivity index (χ0v) is 18.7. The number of hydrogen-bond acceptors (Lipinski definition) is 8. The fraction of sp³-hybridized carbons (Fsp3) is 0.286. The molecule has 0 bridgehead atoms. The van der Waals surface area contributed by atoms with Crippen LogP contribution in [0.2, 0.25) is 0 Å². The number of amides is 1. The van der Waals surface area contributed by atoms with E-state index in [4.69, 9.17) is 4.74 Å². The van der Waals surface area contributed by atoms with Gasteiger partial charge in [-0.05, 0) is 42.9 Å². The van der Waals surface area contributed by atoms with Crippen molar-refractivity contribution in [2.24, 2.45) is 0 Å². The first kappa shape index (κ1) is 24.4. The van der Waals surface area contributed by atoms with Crippen molar-refractivity contribution in [3.8, 4) is 0 Å². The molecule has 31 heavy (non-hydrogen) atoms. The Labute approximate surface area is 188 Å². The van der Waals surface area contributed by atoms with Crippen LogP contribution in [0.5, 0.6) is 0 Å². The predicted molar refractivity (Wildman–Crippen MR) is 121 cm³/mol. The lowest BCUT2D eigenvalue weighted by atomic mass is 10.1. The maximum atomic E-state index is 12.5. The first-order chi connectivity index (χ1) is 14.8. The van der Waals surface area contributed by atoms with Gasteiger partial charge >= 0.3 is 5.97 Å². The maximum absolute atomic E-state index is 12.5. The highest BCUT2D eigenvalue weighted by atomic mass is 32.2. The third-order valence-electron chi connectivity index (χ3n) is 4.28. The molecular weight excluding hydrogens is 440 g/mol. The number of ketones is 1. The Morgan fingerprint density at radius 1 is 1.10 bits per heavy atom. The van der Waals surface area contributed by atoms with Gasteiger partial charge in [-0.15, -0.1) is 11.8 Å². The summed E-state index contributed by atoms with van der Waals surface area (Å²) < 4.78 is 5.15. The van der Waals surface area contributed by atoms with Crippen LogP contribution in [0.3, 0.4) is 0 Å². The molecule has 0 saturated heterocycles. The number of rotatable bonds is 11. The quantitative estimate of drug-likeness (QED) is 0.177. The molecule has 164 valence electrons. The van der Waals surface area contributed by atoms with Gasteiger partial charge in [-0.25, -0.2) is 4.79 Å². The van der Waals surface area contributed by atoms with Gasteiger partial charge in [0.15, 0.2) is 12.4 Å². The standard InChI is InChI=1S/C21H22N2O6S2/c1-30-11-10-18(22-20(25)15-4-3-5-16(12-15)23(27)28)21(26)29-13-19(24)14-6-8-17(31-2)9-7-14/h3-9,12,18H,10-11,13H2,1-2H3,(H,22,25). The normalized spacial score (nSPS) is 11.4. The molecule has 0 radical (unpaired) electrons. The molecular formula is C21H22N2O6S2. The summed E-state index contributed by atoms with van der Waals surface area (Å²) in [5.41, 5.74) is 0.252. The number of nitrogens with one attached hydrogen (secondary N) is 1. The minimum absolute atomic E-state index is 0.0566. The minimum Gasteiger partial charge on any atom is -0.456 e. The van der Waals surface area contributed by atoms with E-state index in [0.717, 1.165) is 11.0 Å². The number of Topliss-reactive ketones (excluding diaryl/α,β-unsaturated/α-hetero) is 1. The van der Waals surface area contributed by atoms with Crippen LogP contribution in [-0.2, 0) is 9.53 Å². The van der Waals surface area contributed by atoms with Crippen molar-refractivity contribution in [1.82, 2.24) is 5.32 Å². The number of nitrogens with zero attached hydrogens (tertiary/aromatic N) is 1. The molecule has 0 aliphatic heterocycles. The van der Waals surface area contributed by atoms with E-state index in [0.29, 0.717) is 11.3 Å². The molecule has 0 aliphatic carbocycles. The molecule has 0 heterocycles. The largest absolute Gasteiger partial charge is 0.456 e. The third-order valence-corrected chi connectivity index (χ3v) is 5.66. The van der Waals surface area contributed by atoms with Crippen LogP contribution in [0, 0.1) is 10.1 Å². The molecule has 2 aromatic carbocycles. The minimum atomic E-state index is -0.981. The number of thioether (sulfide) groups is 2. The second-order valence-electron chi connectivity index (χ2n) is 6.37. The number of ether oxygens (including phenoxy) is 1. The third kappa shape index (κ3) is 7.41. The molecule has 0 saturated carbocycles. The Balaban J connectivity index is 2.02. The lowest BCUT2D eigenvalue weighted by Crippen LogP contribution is -2.42. The number of nitro groups is 1. The second-order valence-corrected chi connectivity index (χ2v) is 8.24. The van der Waals surface area contributed by atoms with Crippen LogP contribution in [0.25, 0.3) is 0 Å². The van der Waals surface area contributed by atoms with Gasteiger partial charge in [0, 0.05) is 28.2 Å². The second kappa shape index (κ2) is 12.1. The molecule has 8 nitrogen and oxygen atoms in total. The summed E-state index contributed by atoms with van der Waals surface area (Å²) in [7, 11) is 0. The number of benzene rings is 2. The Bertz CT molecular complexity index is 949. The molecule has 0 aromatic heterocycles. The Kier molecular flexibility index (Phi) is 9.54. The van der Waals surface area contributed by atoms with E-state index in [2.05, 4.69) is 5.32 Å². The average Bonchev–Trinajstić information content (AvgIpc) is 2.79. The van der Waals surface area contributed by atoms with Crippen LogP contribution in [0.4, 0.5) is 5.69 Å². The van der Waals surface area contributed by atoms with E-state index in [-0.39, 0.29) is 23.5 Å². The molecule has 0 aliphatic rings. The van der Waals surface area contributed by atoms with Crippen molar-refractivity contribution in [3.05, 3.63) is 69.8 Å². The van der Waals surface area contributed by atoms with Crippen LogP contribution < -0.4 is 5.32 Å². The molecule has 0 spiro atoms. The molecule has 1 amide bonds. The van der Waals surface area contributed by atoms with Crippen molar-refractivity contribution in [3.63, 3.8) is 0 Å². The van der Waals surface area contributed by atoms with Gasteiger partial charge in [0.25, 0.3) is 11.6 Å². The lowest BCUT2D eigenvalue weighted by molar-refractivity contribution is -0.384. The Morgan fingerprint density at radius 2 is 1.81 bits per heavy atom. The summed E-state index contributed by atoms with van der Waals surface area (Å²) in [5.74, 6) is -1.15. The average molecular weight is 463 g/mol. The van der Waals surface area contributed by atoms with Crippen LogP contribution in [0.1, 0.15) is 27.1 Å². The van der Waals surface area contributed by atoms with Gasteiger partial charge in [0.2, 0.25) is 0 Å². The molecule has 1 N–H and O–H groups in total. The summed E-state index contributed by atoms with van der Waals surface area (Å²) in [6.45, 7) is -0.445. The number of nitro benzene ring substituents is 1. The number of non-ortho nitro benzene ring substituents is 1. The maximum Gasteiger partial charge on any atom is 0.329 e. The smallest absolute Gasteiger partial charge is 0.329 e. The topological polar surface area (TPSA) is 116 Å². The van der Waals surface area contributed by atoms with Crippen molar-refractivity contribution in [2.75, 3.05) is 24.9 Å². The highest BCUT2D eigenvalue weighted by molar-refractivity contribution is 7.98. The number of carbonyl (C=O) groups excluding carboxylic acids is 3. The summed E-state index contributed by atoms with van der Waals surface area (Å²) in [6, 6.07) is 11.2. The van der Waals surface area contributed by atoms with E-state index >= 15 is 0 Å². The van der Waals surface area contributed by atoms with Gasteiger partial charge in [0.05, 0.1) is 4.92 Å². The summed E-state index contributed by atoms with van der Waals surface area (Å²) in [5, 5.41) is 13.5. The lowest BCUT2D eigenvalue weighted by Gasteiger charge is -2.17. The molecule has 2 rings (SSSR count).